The van der Waals surface area contributed by atoms with E-state index >= 15 is 0 Å². The van der Waals surface area contributed by atoms with E-state index in [2.05, 4.69) is 42.5 Å². The second-order valence-electron chi connectivity index (χ2n) is 11.8. The number of fused-ring (bicyclic) bond motifs is 7. The van der Waals surface area contributed by atoms with Gasteiger partial charge >= 0.3 is 0 Å². The van der Waals surface area contributed by atoms with Gasteiger partial charge in [0.05, 0.1) is 0 Å². The Kier molecular flexibility index (Phi) is 5.77. The highest BCUT2D eigenvalue weighted by Gasteiger charge is 2.20. The highest BCUT2D eigenvalue weighted by molar-refractivity contribution is 6.13. The largest absolute Gasteiger partial charge is 0.456 e. The van der Waals surface area contributed by atoms with Gasteiger partial charge in [0.1, 0.15) is 16.7 Å². The number of oxazole rings is 1. The zero-order valence-corrected chi connectivity index (χ0v) is 25.5. The van der Waals surface area contributed by atoms with Crippen molar-refractivity contribution in [2.45, 2.75) is 0 Å². The van der Waals surface area contributed by atoms with E-state index in [1.54, 1.807) is 0 Å². The van der Waals surface area contributed by atoms with E-state index in [1.807, 2.05) is 103 Å². The van der Waals surface area contributed by atoms with Crippen molar-refractivity contribution in [1.82, 2.24) is 19.9 Å². The molecule has 0 saturated carbocycles. The predicted molar refractivity (Wildman–Crippen MR) is 191 cm³/mol. The highest BCUT2D eigenvalue weighted by atomic mass is 16.3. The Morgan fingerprint density at radius 1 is 0.375 bits per heavy atom. The maximum Gasteiger partial charge on any atom is 0.227 e. The van der Waals surface area contributed by atoms with Crippen LogP contribution >= 0.6 is 0 Å². The van der Waals surface area contributed by atoms with Gasteiger partial charge in [0.2, 0.25) is 5.89 Å². The lowest BCUT2D eigenvalue weighted by Gasteiger charge is -2.12. The summed E-state index contributed by atoms with van der Waals surface area (Å²) in [6.45, 7) is 0. The van der Waals surface area contributed by atoms with Gasteiger partial charge in [-0.25, -0.2) is 19.9 Å². The van der Waals surface area contributed by atoms with Gasteiger partial charge in [-0.05, 0) is 52.6 Å². The van der Waals surface area contributed by atoms with Crippen LogP contribution in [0.1, 0.15) is 0 Å². The first-order valence-corrected chi connectivity index (χ1v) is 15.8. The van der Waals surface area contributed by atoms with Crippen LogP contribution in [-0.4, -0.2) is 19.9 Å². The molecule has 0 fully saturated rings. The Balaban J connectivity index is 1.24. The van der Waals surface area contributed by atoms with Crippen molar-refractivity contribution >= 4 is 54.6 Å². The summed E-state index contributed by atoms with van der Waals surface area (Å²) in [5, 5.41) is 6.14. The normalized spacial score (nSPS) is 11.8. The zero-order valence-electron chi connectivity index (χ0n) is 25.5. The molecule has 0 aliphatic heterocycles. The van der Waals surface area contributed by atoms with Crippen molar-refractivity contribution in [3.05, 3.63) is 146 Å². The summed E-state index contributed by atoms with van der Waals surface area (Å²) < 4.78 is 12.6. The maximum atomic E-state index is 6.38. The third kappa shape index (κ3) is 4.20. The van der Waals surface area contributed by atoms with Gasteiger partial charge < -0.3 is 8.83 Å². The second-order valence-corrected chi connectivity index (χ2v) is 11.8. The molecule has 6 nitrogen and oxygen atoms in total. The van der Waals surface area contributed by atoms with Crippen LogP contribution in [0.5, 0.6) is 0 Å². The smallest absolute Gasteiger partial charge is 0.227 e. The molecule has 6 heteroatoms. The molecular formula is C42H24N4O2. The van der Waals surface area contributed by atoms with Crippen LogP contribution < -0.4 is 0 Å². The van der Waals surface area contributed by atoms with Gasteiger partial charge in [-0.2, -0.15) is 0 Å². The third-order valence-electron chi connectivity index (χ3n) is 8.94. The number of para-hydroxylation sites is 1. The first-order chi connectivity index (χ1) is 23.8. The average Bonchev–Trinajstić information content (AvgIpc) is 3.75. The van der Waals surface area contributed by atoms with Gasteiger partial charge in [-0.3, -0.25) is 0 Å². The van der Waals surface area contributed by atoms with Crippen molar-refractivity contribution in [3.8, 4) is 45.6 Å². The Hall–Kier alpha value is -6.66. The molecule has 48 heavy (non-hydrogen) atoms. The Morgan fingerprint density at radius 2 is 1.04 bits per heavy atom. The SMILES string of the molecule is c1ccc(-c2nc(-c3cccc4cc5oc6ccccc6c5cc34)nc(-c3cc4nc(-c5ccccc5)oc4c4ccccc34)n2)cc1. The van der Waals surface area contributed by atoms with E-state index in [1.165, 1.54) is 0 Å². The summed E-state index contributed by atoms with van der Waals surface area (Å²) >= 11 is 0. The lowest BCUT2D eigenvalue weighted by atomic mass is 10.0. The van der Waals surface area contributed by atoms with Crippen molar-refractivity contribution in [2.75, 3.05) is 0 Å². The quantitative estimate of drug-likeness (QED) is 0.196. The molecule has 3 heterocycles. The van der Waals surface area contributed by atoms with Crippen molar-refractivity contribution in [2.24, 2.45) is 0 Å². The van der Waals surface area contributed by atoms with Crippen LogP contribution in [0.4, 0.5) is 0 Å². The van der Waals surface area contributed by atoms with Crippen molar-refractivity contribution in [3.63, 3.8) is 0 Å². The molecule has 0 atom stereocenters. The maximum absolute atomic E-state index is 6.38. The minimum atomic E-state index is 0.563. The van der Waals surface area contributed by atoms with Crippen LogP contribution in [0, 0.1) is 0 Å². The van der Waals surface area contributed by atoms with Gasteiger partial charge in [-0.15, -0.1) is 0 Å². The predicted octanol–water partition coefficient (Wildman–Crippen LogP) is 10.9. The van der Waals surface area contributed by atoms with Gasteiger partial charge in [0.25, 0.3) is 0 Å². The van der Waals surface area contributed by atoms with Crippen molar-refractivity contribution in [1.29, 1.82) is 0 Å². The summed E-state index contributed by atoms with van der Waals surface area (Å²) in [6.07, 6.45) is 0. The molecule has 3 aromatic heterocycles. The number of aromatic nitrogens is 4. The number of benzene rings is 7. The molecule has 0 aliphatic rings. The van der Waals surface area contributed by atoms with E-state index < -0.39 is 0 Å². The lowest BCUT2D eigenvalue weighted by molar-refractivity contribution is 0.623. The summed E-state index contributed by atoms with van der Waals surface area (Å²) in [5.41, 5.74) is 6.79. The van der Waals surface area contributed by atoms with E-state index in [-0.39, 0.29) is 0 Å². The summed E-state index contributed by atoms with van der Waals surface area (Å²) in [4.78, 5) is 20.3. The first-order valence-electron chi connectivity index (χ1n) is 15.8. The van der Waals surface area contributed by atoms with Crippen LogP contribution in [0.15, 0.2) is 154 Å². The van der Waals surface area contributed by atoms with E-state index in [0.717, 1.165) is 76.8 Å². The molecule has 0 amide bonds. The third-order valence-corrected chi connectivity index (χ3v) is 8.94. The van der Waals surface area contributed by atoms with E-state index in [0.29, 0.717) is 23.4 Å². The van der Waals surface area contributed by atoms with Crippen LogP contribution in [0.25, 0.3) is 100 Å². The minimum absolute atomic E-state index is 0.563. The lowest BCUT2D eigenvalue weighted by Crippen LogP contribution is -2.01. The molecule has 0 aliphatic carbocycles. The molecule has 10 aromatic rings. The molecule has 10 rings (SSSR count). The number of nitrogens with zero attached hydrogens (tertiary/aromatic N) is 4. The van der Waals surface area contributed by atoms with Crippen LogP contribution in [0.3, 0.4) is 0 Å². The van der Waals surface area contributed by atoms with Crippen LogP contribution in [0.2, 0.25) is 0 Å². The van der Waals surface area contributed by atoms with Gasteiger partial charge in [0.15, 0.2) is 23.1 Å². The zero-order chi connectivity index (χ0) is 31.6. The topological polar surface area (TPSA) is 77.8 Å². The molecule has 0 unspecified atom stereocenters. The number of hydrogen-bond acceptors (Lipinski definition) is 6. The number of hydrogen-bond donors (Lipinski definition) is 0. The van der Waals surface area contributed by atoms with E-state index in [9.17, 15) is 0 Å². The highest BCUT2D eigenvalue weighted by Crippen LogP contribution is 2.39. The molecule has 0 bridgehead atoms. The molecule has 0 N–H and O–H groups in total. The summed E-state index contributed by atoms with van der Waals surface area (Å²) in [7, 11) is 0. The monoisotopic (exact) mass is 616 g/mol. The molecule has 7 aromatic carbocycles. The second kappa shape index (κ2) is 10.4. The van der Waals surface area contributed by atoms with Gasteiger partial charge in [0, 0.05) is 38.4 Å². The Bertz CT molecular complexity index is 2840. The van der Waals surface area contributed by atoms with Crippen molar-refractivity contribution < 1.29 is 8.83 Å². The first kappa shape index (κ1) is 26.5. The fourth-order valence-corrected chi connectivity index (χ4v) is 6.67. The van der Waals surface area contributed by atoms with Gasteiger partial charge in [-0.1, -0.05) is 109 Å². The number of rotatable bonds is 4. The molecule has 0 radical (unpaired) electrons. The fourth-order valence-electron chi connectivity index (χ4n) is 6.67. The molecule has 224 valence electrons. The molecular weight excluding hydrogens is 592 g/mol. The molecule has 0 saturated heterocycles. The average molecular weight is 617 g/mol. The van der Waals surface area contributed by atoms with E-state index in [4.69, 9.17) is 28.8 Å². The number of furan rings is 1. The standard InChI is InChI=1S/C42H24N4O2/c1-3-12-25(13-4-1)39-44-40(31-20-11-16-27-22-37-33(23-32(27)31)29-18-9-10-21-36(29)47-37)46-41(45-39)34-24-35-38(30-19-8-7-17-28(30)34)48-42(43-35)26-14-5-2-6-15-26/h1-24H. The van der Waals surface area contributed by atoms with Crippen LogP contribution in [-0.2, 0) is 0 Å². The minimum Gasteiger partial charge on any atom is -0.456 e. The Morgan fingerprint density at radius 3 is 1.85 bits per heavy atom. The summed E-state index contributed by atoms with van der Waals surface area (Å²) in [5.74, 6) is 2.32. The molecule has 0 spiro atoms. The summed E-state index contributed by atoms with van der Waals surface area (Å²) in [6, 6.07) is 48.9. The fraction of sp³-hybridized carbons (Fsp3) is 0. The Labute approximate surface area is 274 Å².